The minimum atomic E-state index is -4.62. The fourth-order valence-corrected chi connectivity index (χ4v) is 4.48. The van der Waals surface area contributed by atoms with Gasteiger partial charge in [-0.15, -0.1) is 11.3 Å². The number of ether oxygens (including phenoxy) is 1. The van der Waals surface area contributed by atoms with Crippen LogP contribution in [0.25, 0.3) is 10.6 Å². The first-order valence-electron chi connectivity index (χ1n) is 11.1. The van der Waals surface area contributed by atoms with Crippen molar-refractivity contribution >= 4 is 17.2 Å². The van der Waals surface area contributed by atoms with Crippen molar-refractivity contribution in [3.05, 3.63) is 58.6 Å². The smallest absolute Gasteiger partial charge is 0.451 e. The number of alkyl halides is 3. The molecule has 1 amide bonds. The van der Waals surface area contributed by atoms with Crippen molar-refractivity contribution in [2.45, 2.75) is 51.1 Å². The highest BCUT2D eigenvalue weighted by Crippen LogP contribution is 2.33. The summed E-state index contributed by atoms with van der Waals surface area (Å²) in [6.07, 6.45) is 1.16. The molecule has 186 valence electrons. The number of halogens is 3. The molecule has 0 saturated heterocycles. The molecule has 0 bridgehead atoms. The van der Waals surface area contributed by atoms with Crippen LogP contribution in [0, 0.1) is 6.92 Å². The molecule has 1 unspecified atom stereocenters. The molecular weight excluding hydrogens is 479 g/mol. The maximum Gasteiger partial charge on any atom is 0.451 e. The zero-order valence-corrected chi connectivity index (χ0v) is 20.6. The Morgan fingerprint density at radius 2 is 1.83 bits per heavy atom. The number of hydrogen-bond acceptors (Lipinski definition) is 7. The monoisotopic (exact) mass is 505 g/mol. The number of carbonyl (C=O) groups excluding carboxylic acids is 1. The van der Waals surface area contributed by atoms with E-state index >= 15 is 0 Å². The Kier molecular flexibility index (Phi) is 7.09. The van der Waals surface area contributed by atoms with Crippen molar-refractivity contribution in [1.82, 2.24) is 25.2 Å². The molecule has 1 fully saturated rings. The van der Waals surface area contributed by atoms with Gasteiger partial charge in [0.15, 0.2) is 0 Å². The lowest BCUT2D eigenvalue weighted by Crippen LogP contribution is -2.46. The predicted octanol–water partition coefficient (Wildman–Crippen LogP) is 4.89. The molecule has 2 heterocycles. The Bertz CT molecular complexity index is 1190. The fourth-order valence-electron chi connectivity index (χ4n) is 3.73. The van der Waals surface area contributed by atoms with E-state index in [1.807, 2.05) is 27.1 Å². The third kappa shape index (κ3) is 5.96. The zero-order valence-electron chi connectivity index (χ0n) is 19.8. The van der Waals surface area contributed by atoms with Gasteiger partial charge in [-0.25, -0.2) is 15.0 Å². The maximum atomic E-state index is 13.1. The van der Waals surface area contributed by atoms with Crippen LogP contribution in [-0.4, -0.2) is 52.0 Å². The van der Waals surface area contributed by atoms with Crippen molar-refractivity contribution in [1.29, 1.82) is 0 Å². The van der Waals surface area contributed by atoms with Gasteiger partial charge in [-0.3, -0.25) is 4.79 Å². The topological polar surface area (TPSA) is 80.2 Å². The zero-order chi connectivity index (χ0) is 25.3. The van der Waals surface area contributed by atoms with Gasteiger partial charge in [0.25, 0.3) is 5.91 Å². The lowest BCUT2D eigenvalue weighted by Gasteiger charge is -2.39. The summed E-state index contributed by atoms with van der Waals surface area (Å²) in [7, 11) is 4.08. The molecule has 35 heavy (non-hydrogen) atoms. The third-order valence-electron chi connectivity index (χ3n) is 5.91. The molecule has 1 saturated carbocycles. The summed E-state index contributed by atoms with van der Waals surface area (Å²) in [6, 6.07) is 5.16. The van der Waals surface area contributed by atoms with E-state index < -0.39 is 23.9 Å². The number of amides is 1. The first-order chi connectivity index (χ1) is 16.5. The van der Waals surface area contributed by atoms with E-state index in [0.717, 1.165) is 40.7 Å². The van der Waals surface area contributed by atoms with Crippen molar-refractivity contribution in [3.8, 4) is 16.3 Å². The average molecular weight is 506 g/mol. The van der Waals surface area contributed by atoms with Crippen LogP contribution in [0.5, 0.6) is 5.75 Å². The van der Waals surface area contributed by atoms with E-state index in [0.29, 0.717) is 22.9 Å². The summed E-state index contributed by atoms with van der Waals surface area (Å²) in [4.78, 5) is 27.5. The molecule has 0 aliphatic heterocycles. The normalized spacial score (nSPS) is 18.7. The van der Waals surface area contributed by atoms with Crippen LogP contribution in [0.3, 0.4) is 0 Å². The molecule has 1 aliphatic rings. The van der Waals surface area contributed by atoms with Gasteiger partial charge in [-0.1, -0.05) is 0 Å². The molecule has 7 nitrogen and oxygen atoms in total. The number of aryl methyl sites for hydroxylation is 1. The van der Waals surface area contributed by atoms with Gasteiger partial charge in [-0.2, -0.15) is 13.2 Å². The van der Waals surface area contributed by atoms with Gasteiger partial charge in [-0.05, 0) is 59.0 Å². The second kappa shape index (κ2) is 9.90. The van der Waals surface area contributed by atoms with Crippen LogP contribution in [0.4, 0.5) is 13.2 Å². The molecule has 2 aromatic heterocycles. The van der Waals surface area contributed by atoms with Gasteiger partial charge in [0.05, 0.1) is 6.04 Å². The molecule has 1 aliphatic carbocycles. The first-order valence-corrected chi connectivity index (χ1v) is 11.9. The minimum Gasteiger partial charge on any atom is -0.490 e. The maximum absolute atomic E-state index is 13.1. The third-order valence-corrected chi connectivity index (χ3v) is 6.87. The van der Waals surface area contributed by atoms with Crippen molar-refractivity contribution < 1.29 is 22.7 Å². The lowest BCUT2D eigenvalue weighted by atomic mass is 9.88. The summed E-state index contributed by atoms with van der Waals surface area (Å²) in [5.74, 6) is -1.04. The highest BCUT2D eigenvalue weighted by Gasteiger charge is 2.34. The molecule has 1 atom stereocenters. The largest absolute Gasteiger partial charge is 0.490 e. The highest BCUT2D eigenvalue weighted by molar-refractivity contribution is 7.14. The number of aromatic nitrogens is 3. The molecule has 1 aromatic carbocycles. The van der Waals surface area contributed by atoms with Crippen molar-refractivity contribution in [2.75, 3.05) is 14.1 Å². The number of rotatable bonds is 7. The molecular formula is C24H26F3N5O2S. The number of carbonyl (C=O) groups is 1. The molecule has 1 N–H and O–H groups in total. The SMILES string of the molecule is Cc1cnc(-c2cc(OC3CC(N(C)C)C3)cc(C(=O)NC(C)c3cnc(C(F)(F)F)nc3)c2)s1. The number of benzene rings is 1. The first kappa shape index (κ1) is 25.1. The Morgan fingerprint density at radius 3 is 2.40 bits per heavy atom. The van der Waals surface area contributed by atoms with Crippen LogP contribution in [0.15, 0.2) is 36.8 Å². The molecule has 0 spiro atoms. The number of nitrogens with zero attached hydrogens (tertiary/aromatic N) is 4. The van der Waals surface area contributed by atoms with Crippen molar-refractivity contribution in [3.63, 3.8) is 0 Å². The number of thiazole rings is 1. The van der Waals surface area contributed by atoms with Crippen LogP contribution in [0.1, 0.15) is 52.4 Å². The Morgan fingerprint density at radius 1 is 1.14 bits per heavy atom. The summed E-state index contributed by atoms with van der Waals surface area (Å²) >= 11 is 1.51. The van der Waals surface area contributed by atoms with Gasteiger partial charge >= 0.3 is 6.18 Å². The van der Waals surface area contributed by atoms with Crippen molar-refractivity contribution in [2.24, 2.45) is 0 Å². The van der Waals surface area contributed by atoms with E-state index in [2.05, 4.69) is 25.2 Å². The number of hydrogen-bond donors (Lipinski definition) is 1. The van der Waals surface area contributed by atoms with E-state index in [9.17, 15) is 18.0 Å². The fraction of sp³-hybridized carbons (Fsp3) is 0.417. The second-order valence-electron chi connectivity index (χ2n) is 8.88. The van der Waals surface area contributed by atoms with Crippen LogP contribution in [-0.2, 0) is 6.18 Å². The minimum absolute atomic E-state index is 0.0646. The molecule has 11 heteroatoms. The van der Waals surface area contributed by atoms with Gasteiger partial charge < -0.3 is 15.0 Å². The van der Waals surface area contributed by atoms with Crippen LogP contribution < -0.4 is 10.1 Å². The second-order valence-corrected chi connectivity index (χ2v) is 10.1. The van der Waals surface area contributed by atoms with Gasteiger partial charge in [0.2, 0.25) is 5.82 Å². The van der Waals surface area contributed by atoms with E-state index in [1.165, 1.54) is 11.3 Å². The lowest BCUT2D eigenvalue weighted by molar-refractivity contribution is -0.145. The Balaban J connectivity index is 1.53. The molecule has 4 rings (SSSR count). The van der Waals surface area contributed by atoms with E-state index in [4.69, 9.17) is 4.74 Å². The summed E-state index contributed by atoms with van der Waals surface area (Å²) < 4.78 is 44.4. The molecule has 3 aromatic rings. The van der Waals surface area contributed by atoms with Crippen LogP contribution >= 0.6 is 11.3 Å². The highest BCUT2D eigenvalue weighted by atomic mass is 32.1. The Labute approximate surface area is 205 Å². The molecule has 0 radical (unpaired) electrons. The summed E-state index contributed by atoms with van der Waals surface area (Å²) in [5, 5.41) is 3.58. The van der Waals surface area contributed by atoms with E-state index in [-0.39, 0.29) is 6.10 Å². The quantitative estimate of drug-likeness (QED) is 0.493. The van der Waals surface area contributed by atoms with E-state index in [1.54, 1.807) is 25.3 Å². The predicted molar refractivity (Wildman–Crippen MR) is 126 cm³/mol. The standard InChI is InChI=1S/C24H26F3N5O2S/c1-13-10-28-22(35-13)16-5-15(6-19(7-16)34-20-8-18(9-20)32(3)4)21(33)31-14(2)17-11-29-23(30-12-17)24(25,26)27/h5-7,10-12,14,18,20H,8-9H2,1-4H3,(H,31,33). The average Bonchev–Trinajstić information content (AvgIpc) is 3.21. The van der Waals surface area contributed by atoms with Gasteiger partial charge in [0.1, 0.15) is 16.9 Å². The van der Waals surface area contributed by atoms with Crippen LogP contribution in [0.2, 0.25) is 0 Å². The van der Waals surface area contributed by atoms with Gasteiger partial charge in [0, 0.05) is 46.2 Å². The number of nitrogens with one attached hydrogen (secondary N) is 1. The Hall–Kier alpha value is -3.05. The summed E-state index contributed by atoms with van der Waals surface area (Å²) in [5.41, 5.74) is 1.49. The summed E-state index contributed by atoms with van der Waals surface area (Å²) in [6.45, 7) is 3.61.